The molecule has 180 valence electrons. The second-order valence-electron chi connectivity index (χ2n) is 8.84. The maximum atomic E-state index is 12.7. The van der Waals surface area contributed by atoms with Gasteiger partial charge in [0.05, 0.1) is 40.2 Å². The molecule has 1 fully saturated rings. The third-order valence-corrected chi connectivity index (χ3v) is 6.59. The molecule has 2 aromatic carbocycles. The van der Waals surface area contributed by atoms with E-state index in [1.807, 2.05) is 36.4 Å². The van der Waals surface area contributed by atoms with Crippen molar-refractivity contribution in [1.82, 2.24) is 5.01 Å². The number of nitrogens with zero attached hydrogens (tertiary/aromatic N) is 2. The summed E-state index contributed by atoms with van der Waals surface area (Å²) in [5.41, 5.74) is 4.11. The predicted octanol–water partition coefficient (Wildman–Crippen LogP) is 5.11. The van der Waals surface area contributed by atoms with E-state index in [4.69, 9.17) is 24.0 Å². The number of benzene rings is 2. The van der Waals surface area contributed by atoms with Crippen molar-refractivity contribution in [2.45, 2.75) is 32.7 Å². The molecule has 0 spiro atoms. The lowest BCUT2D eigenvalue weighted by atomic mass is 9.73. The minimum atomic E-state index is -0.191. The molecule has 1 aliphatic heterocycles. The minimum Gasteiger partial charge on any atom is -0.493 e. The zero-order valence-corrected chi connectivity index (χ0v) is 20.6. The highest BCUT2D eigenvalue weighted by Crippen LogP contribution is 2.47. The van der Waals surface area contributed by atoms with Crippen molar-refractivity contribution in [1.29, 1.82) is 0 Å². The Hall–Kier alpha value is -3.48. The number of hydrogen-bond acceptors (Lipinski definition) is 6. The van der Waals surface area contributed by atoms with Crippen LogP contribution >= 0.6 is 0 Å². The molecule has 7 nitrogen and oxygen atoms in total. The van der Waals surface area contributed by atoms with Gasteiger partial charge in [0.1, 0.15) is 0 Å². The number of ether oxygens (including phenoxy) is 4. The molecule has 1 heterocycles. The first-order valence-electron chi connectivity index (χ1n) is 11.4. The third kappa shape index (κ3) is 4.34. The summed E-state index contributed by atoms with van der Waals surface area (Å²) in [5.74, 6) is 3.13. The average Bonchev–Trinajstić information content (AvgIpc) is 3.23. The van der Waals surface area contributed by atoms with Gasteiger partial charge in [-0.15, -0.1) is 0 Å². The molecule has 0 radical (unpaired) electrons. The van der Waals surface area contributed by atoms with E-state index in [0.29, 0.717) is 28.9 Å². The van der Waals surface area contributed by atoms with Gasteiger partial charge >= 0.3 is 0 Å². The second kappa shape index (κ2) is 9.79. The fourth-order valence-electron chi connectivity index (χ4n) is 5.07. The van der Waals surface area contributed by atoms with E-state index in [0.717, 1.165) is 35.3 Å². The topological polar surface area (TPSA) is 69.6 Å². The van der Waals surface area contributed by atoms with Gasteiger partial charge in [-0.05, 0) is 65.8 Å². The Morgan fingerprint density at radius 1 is 0.941 bits per heavy atom. The molecule has 3 unspecified atom stereocenters. The summed E-state index contributed by atoms with van der Waals surface area (Å²) in [7, 11) is 6.49. The molecule has 3 atom stereocenters. The fraction of sp³-hybridized carbons (Fsp3) is 0.407. The highest BCUT2D eigenvalue weighted by molar-refractivity contribution is 6.08. The van der Waals surface area contributed by atoms with Crippen molar-refractivity contribution in [3.8, 4) is 23.0 Å². The molecule has 2 aromatic rings. The first-order chi connectivity index (χ1) is 16.4. The van der Waals surface area contributed by atoms with E-state index in [-0.39, 0.29) is 17.9 Å². The van der Waals surface area contributed by atoms with E-state index >= 15 is 0 Å². The number of fused-ring (bicyclic) bond motifs is 1. The van der Waals surface area contributed by atoms with Crippen molar-refractivity contribution in [3.63, 3.8) is 0 Å². The van der Waals surface area contributed by atoms with Crippen LogP contribution in [0.15, 0.2) is 47.1 Å². The standard InChI is InChI=1S/C27H32N2O5/c1-16-11-20(13-18-7-9-22(31-3)24(14-18)33-5)26-21(12-16)27(29(28-26)17(2)30)19-8-10-23(32-4)25(15-19)34-6/h7-10,13-16,21,27H,11-12H2,1-6H3/b20-13+. The predicted molar refractivity (Wildman–Crippen MR) is 132 cm³/mol. The Morgan fingerprint density at radius 2 is 1.56 bits per heavy atom. The van der Waals surface area contributed by atoms with Gasteiger partial charge in [-0.2, -0.15) is 5.10 Å². The zero-order chi connectivity index (χ0) is 24.4. The summed E-state index contributed by atoms with van der Waals surface area (Å²) in [4.78, 5) is 12.7. The van der Waals surface area contributed by atoms with E-state index in [1.54, 1.807) is 40.4 Å². The number of hydrazone groups is 1. The van der Waals surface area contributed by atoms with E-state index in [2.05, 4.69) is 13.0 Å². The Morgan fingerprint density at radius 3 is 2.18 bits per heavy atom. The van der Waals surface area contributed by atoms with Crippen LogP contribution in [0, 0.1) is 11.8 Å². The van der Waals surface area contributed by atoms with E-state index < -0.39 is 0 Å². The molecule has 4 rings (SSSR count). The monoisotopic (exact) mass is 464 g/mol. The Balaban J connectivity index is 1.76. The smallest absolute Gasteiger partial charge is 0.240 e. The van der Waals surface area contributed by atoms with Crippen LogP contribution in [-0.4, -0.2) is 45.1 Å². The number of hydrogen-bond donors (Lipinski definition) is 0. The van der Waals surface area contributed by atoms with Crippen molar-refractivity contribution in [2.75, 3.05) is 28.4 Å². The molecule has 34 heavy (non-hydrogen) atoms. The summed E-state index contributed by atoms with van der Waals surface area (Å²) in [5, 5.41) is 6.48. The molecule has 0 saturated heterocycles. The largest absolute Gasteiger partial charge is 0.493 e. The third-order valence-electron chi connectivity index (χ3n) is 6.59. The number of methoxy groups -OCH3 is 4. The number of carbonyl (C=O) groups excluding carboxylic acids is 1. The van der Waals surface area contributed by atoms with Crippen molar-refractivity contribution in [2.24, 2.45) is 16.9 Å². The number of carbonyl (C=O) groups is 1. The molecular weight excluding hydrogens is 432 g/mol. The lowest BCUT2D eigenvalue weighted by molar-refractivity contribution is -0.131. The molecule has 1 saturated carbocycles. The SMILES string of the molecule is COc1ccc(/C=C2\CC(C)CC3C2=NN(C(C)=O)C3c2ccc(OC)c(OC)c2)cc1OC. The van der Waals surface area contributed by atoms with Crippen molar-refractivity contribution >= 4 is 17.7 Å². The minimum absolute atomic E-state index is 0.0835. The first kappa shape index (κ1) is 23.7. The summed E-state index contributed by atoms with van der Waals surface area (Å²) < 4.78 is 21.8. The molecule has 0 N–H and O–H groups in total. The lowest BCUT2D eigenvalue weighted by Crippen LogP contribution is -2.32. The Kier molecular flexibility index (Phi) is 6.82. The first-order valence-corrected chi connectivity index (χ1v) is 11.4. The Bertz CT molecular complexity index is 1140. The molecule has 2 aliphatic rings. The van der Waals surface area contributed by atoms with Gasteiger partial charge in [0.25, 0.3) is 0 Å². The zero-order valence-electron chi connectivity index (χ0n) is 20.6. The summed E-state index contributed by atoms with van der Waals surface area (Å²) in [6.45, 7) is 3.82. The van der Waals surface area contributed by atoms with Crippen LogP contribution in [0.25, 0.3) is 6.08 Å². The fourth-order valence-corrected chi connectivity index (χ4v) is 5.07. The van der Waals surface area contributed by atoms with Crippen LogP contribution in [0.3, 0.4) is 0 Å². The van der Waals surface area contributed by atoms with Gasteiger partial charge in [0.15, 0.2) is 23.0 Å². The molecule has 0 aromatic heterocycles. The Labute approximate surface area is 201 Å². The molecule has 0 bridgehead atoms. The van der Waals surface area contributed by atoms with Crippen LogP contribution in [0.2, 0.25) is 0 Å². The van der Waals surface area contributed by atoms with Crippen LogP contribution in [0.1, 0.15) is 43.9 Å². The number of amides is 1. The molecule has 1 aliphatic carbocycles. The summed E-state index contributed by atoms with van der Waals surface area (Å²) in [6, 6.07) is 11.5. The highest BCUT2D eigenvalue weighted by atomic mass is 16.5. The van der Waals surface area contributed by atoms with Crippen LogP contribution in [-0.2, 0) is 4.79 Å². The maximum Gasteiger partial charge on any atom is 0.240 e. The number of allylic oxidation sites excluding steroid dienone is 1. The van der Waals surface area contributed by atoms with E-state index in [1.165, 1.54) is 0 Å². The van der Waals surface area contributed by atoms with Gasteiger partial charge in [0, 0.05) is 12.8 Å². The van der Waals surface area contributed by atoms with Crippen molar-refractivity contribution < 1.29 is 23.7 Å². The summed E-state index contributed by atoms with van der Waals surface area (Å²) in [6.07, 6.45) is 4.00. The van der Waals surface area contributed by atoms with Gasteiger partial charge < -0.3 is 18.9 Å². The van der Waals surface area contributed by atoms with Gasteiger partial charge in [-0.3, -0.25) is 4.79 Å². The number of rotatable bonds is 6. The van der Waals surface area contributed by atoms with Crippen LogP contribution in [0.4, 0.5) is 0 Å². The van der Waals surface area contributed by atoms with Crippen LogP contribution in [0.5, 0.6) is 23.0 Å². The van der Waals surface area contributed by atoms with Gasteiger partial charge in [-0.1, -0.05) is 19.1 Å². The normalized spacial score (nSPS) is 22.8. The quantitative estimate of drug-likeness (QED) is 0.594. The van der Waals surface area contributed by atoms with Crippen molar-refractivity contribution in [3.05, 3.63) is 53.1 Å². The summed E-state index contributed by atoms with van der Waals surface area (Å²) >= 11 is 0. The van der Waals surface area contributed by atoms with Crippen LogP contribution < -0.4 is 18.9 Å². The molecule has 1 amide bonds. The highest BCUT2D eigenvalue weighted by Gasteiger charge is 2.44. The molecular formula is C27H32N2O5. The second-order valence-corrected chi connectivity index (χ2v) is 8.84. The maximum absolute atomic E-state index is 12.7. The van der Waals surface area contributed by atoms with E-state index in [9.17, 15) is 4.79 Å². The average molecular weight is 465 g/mol. The van der Waals surface area contributed by atoms with Gasteiger partial charge in [0.2, 0.25) is 5.91 Å². The van der Waals surface area contributed by atoms with Gasteiger partial charge in [-0.25, -0.2) is 5.01 Å². The molecule has 7 heteroatoms. The lowest BCUT2D eigenvalue weighted by Gasteiger charge is -2.32.